The fourth-order valence-electron chi connectivity index (χ4n) is 1.65. The number of nitrogen functional groups attached to an aromatic ring is 1. The van der Waals surface area contributed by atoms with E-state index in [1.165, 1.54) is 0 Å². The van der Waals surface area contributed by atoms with E-state index in [0.29, 0.717) is 5.82 Å². The van der Waals surface area contributed by atoms with Crippen molar-refractivity contribution in [2.24, 2.45) is 0 Å². The van der Waals surface area contributed by atoms with Crippen molar-refractivity contribution in [3.05, 3.63) is 42.1 Å². The number of aryl methyl sites for hydroxylation is 1. The van der Waals surface area contributed by atoms with Crippen molar-refractivity contribution in [2.75, 3.05) is 18.2 Å². The maximum Gasteiger partial charge on any atom is 0.125 e. The molecular weight excluding hydrogens is 214 g/mol. The number of aromatic nitrogens is 1. The number of nitrogens with one attached hydrogen (secondary N) is 1. The third-order valence-electron chi connectivity index (χ3n) is 2.46. The van der Waals surface area contributed by atoms with Gasteiger partial charge in [-0.3, -0.25) is 0 Å². The summed E-state index contributed by atoms with van der Waals surface area (Å²) in [6, 6.07) is 9.58. The van der Waals surface area contributed by atoms with Gasteiger partial charge in [-0.05, 0) is 36.8 Å². The molecule has 0 unspecified atom stereocenters. The van der Waals surface area contributed by atoms with Crippen LogP contribution in [0.3, 0.4) is 0 Å². The van der Waals surface area contributed by atoms with Gasteiger partial charge >= 0.3 is 0 Å². The quantitative estimate of drug-likeness (QED) is 0.849. The molecule has 3 N–H and O–H groups in total. The van der Waals surface area contributed by atoms with Crippen LogP contribution in [0.1, 0.15) is 5.56 Å². The molecule has 1 aromatic carbocycles. The first-order chi connectivity index (χ1) is 8.19. The molecule has 0 atom stereocenters. The molecule has 0 saturated heterocycles. The number of anilines is 3. The third kappa shape index (κ3) is 2.66. The van der Waals surface area contributed by atoms with E-state index < -0.39 is 0 Å². The molecule has 0 saturated carbocycles. The zero-order valence-electron chi connectivity index (χ0n) is 9.90. The van der Waals surface area contributed by atoms with Crippen LogP contribution in [-0.2, 0) is 0 Å². The maximum atomic E-state index is 5.62. The Kier molecular flexibility index (Phi) is 3.14. The van der Waals surface area contributed by atoms with Crippen LogP contribution < -0.4 is 15.8 Å². The number of hydrogen-bond donors (Lipinski definition) is 2. The first-order valence-electron chi connectivity index (χ1n) is 5.32. The summed E-state index contributed by atoms with van der Waals surface area (Å²) in [6.07, 6.45) is 1.67. The van der Waals surface area contributed by atoms with Crippen LogP contribution in [-0.4, -0.2) is 12.1 Å². The molecule has 0 aliphatic carbocycles. The van der Waals surface area contributed by atoms with Gasteiger partial charge < -0.3 is 15.8 Å². The minimum Gasteiger partial charge on any atom is -0.496 e. The summed E-state index contributed by atoms with van der Waals surface area (Å²) in [6.45, 7) is 2.00. The number of rotatable bonds is 3. The molecule has 88 valence electrons. The number of ether oxygens (including phenoxy) is 1. The van der Waals surface area contributed by atoms with Crippen molar-refractivity contribution in [1.29, 1.82) is 0 Å². The highest BCUT2D eigenvalue weighted by Gasteiger charge is 2.00. The van der Waals surface area contributed by atoms with E-state index in [1.54, 1.807) is 19.4 Å². The summed E-state index contributed by atoms with van der Waals surface area (Å²) in [5.74, 6) is 1.38. The van der Waals surface area contributed by atoms with Crippen LogP contribution in [0.5, 0.6) is 5.75 Å². The van der Waals surface area contributed by atoms with Gasteiger partial charge in [-0.25, -0.2) is 4.98 Å². The Morgan fingerprint density at radius 3 is 2.59 bits per heavy atom. The Morgan fingerprint density at radius 2 is 1.94 bits per heavy atom. The van der Waals surface area contributed by atoms with Crippen molar-refractivity contribution in [1.82, 2.24) is 4.98 Å². The van der Waals surface area contributed by atoms with Crippen LogP contribution >= 0.6 is 0 Å². The Balaban J connectivity index is 2.22. The normalized spacial score (nSPS) is 10.0. The average Bonchev–Trinajstić information content (AvgIpc) is 2.29. The second-order valence-electron chi connectivity index (χ2n) is 3.78. The summed E-state index contributed by atoms with van der Waals surface area (Å²) < 4.78 is 5.21. The van der Waals surface area contributed by atoms with Crippen LogP contribution in [0, 0.1) is 6.92 Å². The SMILES string of the molecule is COc1ccc(Nc2ccnc(N)c2)cc1C. The predicted octanol–water partition coefficient (Wildman–Crippen LogP) is 2.72. The van der Waals surface area contributed by atoms with Crippen molar-refractivity contribution in [3.63, 3.8) is 0 Å². The van der Waals surface area contributed by atoms with Gasteiger partial charge in [-0.15, -0.1) is 0 Å². The van der Waals surface area contributed by atoms with Gasteiger partial charge in [0.25, 0.3) is 0 Å². The van der Waals surface area contributed by atoms with Crippen LogP contribution in [0.4, 0.5) is 17.2 Å². The lowest BCUT2D eigenvalue weighted by molar-refractivity contribution is 0.412. The highest BCUT2D eigenvalue weighted by molar-refractivity contribution is 5.63. The van der Waals surface area contributed by atoms with Crippen LogP contribution in [0.25, 0.3) is 0 Å². The molecule has 2 aromatic rings. The molecule has 1 heterocycles. The van der Waals surface area contributed by atoms with E-state index in [-0.39, 0.29) is 0 Å². The van der Waals surface area contributed by atoms with Gasteiger partial charge in [0.15, 0.2) is 0 Å². The second-order valence-corrected chi connectivity index (χ2v) is 3.78. The number of pyridine rings is 1. The smallest absolute Gasteiger partial charge is 0.125 e. The van der Waals surface area contributed by atoms with Gasteiger partial charge in [-0.1, -0.05) is 0 Å². The highest BCUT2D eigenvalue weighted by atomic mass is 16.5. The lowest BCUT2D eigenvalue weighted by Crippen LogP contribution is -1.95. The average molecular weight is 229 g/mol. The molecular formula is C13H15N3O. The van der Waals surface area contributed by atoms with E-state index in [2.05, 4.69) is 10.3 Å². The molecule has 4 nitrogen and oxygen atoms in total. The predicted molar refractivity (Wildman–Crippen MR) is 69.7 cm³/mol. The summed E-state index contributed by atoms with van der Waals surface area (Å²) in [4.78, 5) is 3.94. The summed E-state index contributed by atoms with van der Waals surface area (Å²) in [5, 5.41) is 3.26. The van der Waals surface area contributed by atoms with Crippen molar-refractivity contribution >= 4 is 17.2 Å². The zero-order valence-corrected chi connectivity index (χ0v) is 9.90. The monoisotopic (exact) mass is 229 g/mol. The Morgan fingerprint density at radius 1 is 1.18 bits per heavy atom. The molecule has 0 radical (unpaired) electrons. The highest BCUT2D eigenvalue weighted by Crippen LogP contribution is 2.24. The fraction of sp³-hybridized carbons (Fsp3) is 0.154. The molecule has 0 bridgehead atoms. The molecule has 0 aliphatic rings. The second kappa shape index (κ2) is 4.74. The summed E-state index contributed by atoms with van der Waals surface area (Å²) in [7, 11) is 1.67. The third-order valence-corrected chi connectivity index (χ3v) is 2.46. The topological polar surface area (TPSA) is 60.2 Å². The van der Waals surface area contributed by atoms with Gasteiger partial charge in [0.1, 0.15) is 11.6 Å². The summed E-state index contributed by atoms with van der Waals surface area (Å²) in [5.41, 5.74) is 8.61. The van der Waals surface area contributed by atoms with Gasteiger partial charge in [0, 0.05) is 23.6 Å². The fourth-order valence-corrected chi connectivity index (χ4v) is 1.65. The first-order valence-corrected chi connectivity index (χ1v) is 5.32. The van der Waals surface area contributed by atoms with Gasteiger partial charge in [0.2, 0.25) is 0 Å². The molecule has 1 aromatic heterocycles. The maximum absolute atomic E-state index is 5.62. The standard InChI is InChI=1S/C13H15N3O/c1-9-7-10(3-4-12(9)17-2)16-11-5-6-15-13(14)8-11/h3-8H,1-2H3,(H3,14,15,16). The number of hydrogen-bond acceptors (Lipinski definition) is 4. The summed E-state index contributed by atoms with van der Waals surface area (Å²) >= 11 is 0. The molecule has 0 fully saturated rings. The van der Waals surface area contributed by atoms with Crippen LogP contribution in [0.2, 0.25) is 0 Å². The van der Waals surface area contributed by atoms with Gasteiger partial charge in [-0.2, -0.15) is 0 Å². The molecule has 0 spiro atoms. The van der Waals surface area contributed by atoms with E-state index in [0.717, 1.165) is 22.7 Å². The Hall–Kier alpha value is -2.23. The van der Waals surface area contributed by atoms with E-state index >= 15 is 0 Å². The Labute approximate surface area is 100 Å². The minimum atomic E-state index is 0.500. The van der Waals surface area contributed by atoms with E-state index in [9.17, 15) is 0 Å². The molecule has 2 rings (SSSR count). The first kappa shape index (κ1) is 11.3. The van der Waals surface area contributed by atoms with Crippen molar-refractivity contribution in [3.8, 4) is 5.75 Å². The molecule has 4 heteroatoms. The van der Waals surface area contributed by atoms with Crippen molar-refractivity contribution < 1.29 is 4.74 Å². The van der Waals surface area contributed by atoms with E-state index in [1.807, 2.05) is 31.2 Å². The lowest BCUT2D eigenvalue weighted by atomic mass is 10.2. The van der Waals surface area contributed by atoms with Crippen LogP contribution in [0.15, 0.2) is 36.5 Å². The minimum absolute atomic E-state index is 0.500. The molecule has 0 aliphatic heterocycles. The zero-order chi connectivity index (χ0) is 12.3. The van der Waals surface area contributed by atoms with Gasteiger partial charge in [0.05, 0.1) is 7.11 Å². The number of nitrogens with two attached hydrogens (primary N) is 1. The lowest BCUT2D eigenvalue weighted by Gasteiger charge is -2.10. The molecule has 17 heavy (non-hydrogen) atoms. The van der Waals surface area contributed by atoms with Crippen molar-refractivity contribution in [2.45, 2.75) is 6.92 Å². The largest absolute Gasteiger partial charge is 0.496 e. The number of benzene rings is 1. The van der Waals surface area contributed by atoms with E-state index in [4.69, 9.17) is 10.5 Å². The number of methoxy groups -OCH3 is 1. The number of nitrogens with zero attached hydrogens (tertiary/aromatic N) is 1. The Bertz CT molecular complexity index is 526. The molecule has 0 amide bonds.